The Morgan fingerprint density at radius 1 is 1.24 bits per heavy atom. The van der Waals surface area contributed by atoms with Gasteiger partial charge in [-0.2, -0.15) is 0 Å². The fourth-order valence-electron chi connectivity index (χ4n) is 3.52. The van der Waals surface area contributed by atoms with Crippen LogP contribution < -0.4 is 10.6 Å². The van der Waals surface area contributed by atoms with Crippen LogP contribution in [0.5, 0.6) is 0 Å². The SMILES string of the molecule is CCNC(=O)N1CCC(CCOC)(NC(=O)CN2CCCC2=O)CC1. The number of carbonyl (C=O) groups is 3. The standard InChI is InChI=1S/C17H30N4O4/c1-3-18-16(24)20-10-6-17(7-11-20,8-12-25-2)19-14(22)13-21-9-4-5-15(21)23/h3-13H2,1-2H3,(H,18,24)(H,19,22). The molecule has 0 aliphatic carbocycles. The van der Waals surface area contributed by atoms with Gasteiger partial charge in [-0.05, 0) is 32.6 Å². The van der Waals surface area contributed by atoms with Crippen LogP contribution in [0.15, 0.2) is 0 Å². The van der Waals surface area contributed by atoms with Gasteiger partial charge >= 0.3 is 6.03 Å². The van der Waals surface area contributed by atoms with E-state index in [0.717, 1.165) is 6.42 Å². The second-order valence-electron chi connectivity index (χ2n) is 6.81. The van der Waals surface area contributed by atoms with Crippen molar-refractivity contribution >= 4 is 17.8 Å². The third-order valence-corrected chi connectivity index (χ3v) is 5.03. The maximum atomic E-state index is 12.5. The number of hydrogen-bond donors (Lipinski definition) is 2. The Morgan fingerprint density at radius 2 is 1.96 bits per heavy atom. The van der Waals surface area contributed by atoms with Crippen molar-refractivity contribution in [2.45, 2.75) is 44.6 Å². The quantitative estimate of drug-likeness (QED) is 0.689. The minimum atomic E-state index is -0.376. The van der Waals surface area contributed by atoms with Gasteiger partial charge in [-0.15, -0.1) is 0 Å². The van der Waals surface area contributed by atoms with Gasteiger partial charge < -0.3 is 25.2 Å². The Morgan fingerprint density at radius 3 is 2.52 bits per heavy atom. The summed E-state index contributed by atoms with van der Waals surface area (Å²) in [5.41, 5.74) is -0.376. The zero-order valence-electron chi connectivity index (χ0n) is 15.3. The summed E-state index contributed by atoms with van der Waals surface area (Å²) in [5.74, 6) is -0.0787. The molecule has 2 fully saturated rings. The summed E-state index contributed by atoms with van der Waals surface area (Å²) in [7, 11) is 1.64. The van der Waals surface area contributed by atoms with Crippen LogP contribution in [0.3, 0.4) is 0 Å². The Labute approximate surface area is 149 Å². The molecule has 2 aliphatic rings. The first-order valence-electron chi connectivity index (χ1n) is 9.10. The van der Waals surface area contributed by atoms with Crippen LogP contribution in [0.1, 0.15) is 39.0 Å². The van der Waals surface area contributed by atoms with Crippen LogP contribution in [-0.2, 0) is 14.3 Å². The predicted octanol–water partition coefficient (Wildman–Crippen LogP) is 0.326. The van der Waals surface area contributed by atoms with Crippen molar-refractivity contribution in [3.63, 3.8) is 0 Å². The van der Waals surface area contributed by atoms with E-state index >= 15 is 0 Å². The molecule has 2 N–H and O–H groups in total. The molecule has 0 saturated carbocycles. The highest BCUT2D eigenvalue weighted by Gasteiger charge is 2.37. The van der Waals surface area contributed by atoms with Crippen molar-refractivity contribution < 1.29 is 19.1 Å². The Bertz CT molecular complexity index is 489. The zero-order valence-corrected chi connectivity index (χ0v) is 15.3. The highest BCUT2D eigenvalue weighted by atomic mass is 16.5. The minimum absolute atomic E-state index is 0.0483. The van der Waals surface area contributed by atoms with E-state index in [1.54, 1.807) is 16.9 Å². The molecule has 2 saturated heterocycles. The molecular weight excluding hydrogens is 324 g/mol. The fraction of sp³-hybridized carbons (Fsp3) is 0.824. The lowest BCUT2D eigenvalue weighted by Gasteiger charge is -2.42. The number of hydrogen-bond acceptors (Lipinski definition) is 4. The molecule has 4 amide bonds. The smallest absolute Gasteiger partial charge is 0.317 e. The molecule has 2 aliphatic heterocycles. The Balaban J connectivity index is 1.92. The Hall–Kier alpha value is -1.83. The molecule has 2 rings (SSSR count). The summed E-state index contributed by atoms with van der Waals surface area (Å²) in [6.45, 7) is 5.01. The first-order valence-corrected chi connectivity index (χ1v) is 9.10. The van der Waals surface area contributed by atoms with E-state index in [-0.39, 0.29) is 29.9 Å². The van der Waals surface area contributed by atoms with Crippen LogP contribution in [0.25, 0.3) is 0 Å². The Kier molecular flexibility index (Phi) is 7.04. The third-order valence-electron chi connectivity index (χ3n) is 5.03. The second kappa shape index (κ2) is 9.03. The van der Waals surface area contributed by atoms with Crippen LogP contribution in [0.2, 0.25) is 0 Å². The lowest BCUT2D eigenvalue weighted by atomic mass is 9.84. The molecule has 0 radical (unpaired) electrons. The largest absolute Gasteiger partial charge is 0.385 e. The van der Waals surface area contributed by atoms with Crippen LogP contribution in [0, 0.1) is 0 Å². The number of nitrogens with one attached hydrogen (secondary N) is 2. The monoisotopic (exact) mass is 354 g/mol. The van der Waals surface area contributed by atoms with Gasteiger partial charge in [-0.25, -0.2) is 4.79 Å². The van der Waals surface area contributed by atoms with E-state index in [2.05, 4.69) is 10.6 Å². The van der Waals surface area contributed by atoms with Crippen molar-refractivity contribution in [1.82, 2.24) is 20.4 Å². The van der Waals surface area contributed by atoms with Crippen molar-refractivity contribution in [1.29, 1.82) is 0 Å². The molecule has 0 spiro atoms. The maximum absolute atomic E-state index is 12.5. The molecule has 0 bridgehead atoms. The molecule has 2 heterocycles. The molecule has 8 nitrogen and oxygen atoms in total. The number of amides is 4. The van der Waals surface area contributed by atoms with Gasteiger partial charge in [0.2, 0.25) is 11.8 Å². The maximum Gasteiger partial charge on any atom is 0.317 e. The van der Waals surface area contributed by atoms with E-state index in [4.69, 9.17) is 4.74 Å². The van der Waals surface area contributed by atoms with Crippen LogP contribution in [0.4, 0.5) is 4.79 Å². The normalized spacial score (nSPS) is 19.8. The van der Waals surface area contributed by atoms with Gasteiger partial charge in [-0.1, -0.05) is 0 Å². The van der Waals surface area contributed by atoms with Crippen molar-refractivity contribution in [2.75, 3.05) is 46.4 Å². The van der Waals surface area contributed by atoms with Gasteiger partial charge in [-0.3, -0.25) is 9.59 Å². The number of nitrogens with zero attached hydrogens (tertiary/aromatic N) is 2. The number of urea groups is 1. The summed E-state index contributed by atoms with van der Waals surface area (Å²) in [6, 6.07) is -0.0585. The molecular formula is C17H30N4O4. The lowest BCUT2D eigenvalue weighted by Crippen LogP contribution is -2.59. The molecule has 0 atom stereocenters. The topological polar surface area (TPSA) is 91.0 Å². The average molecular weight is 354 g/mol. The van der Waals surface area contributed by atoms with Crippen molar-refractivity contribution in [3.05, 3.63) is 0 Å². The molecule has 142 valence electrons. The zero-order chi connectivity index (χ0) is 18.3. The molecule has 25 heavy (non-hydrogen) atoms. The number of rotatable bonds is 7. The summed E-state index contributed by atoms with van der Waals surface area (Å²) >= 11 is 0. The first kappa shape index (κ1) is 19.5. The van der Waals surface area contributed by atoms with Crippen LogP contribution in [-0.4, -0.2) is 79.6 Å². The van der Waals surface area contributed by atoms with Gasteiger partial charge in [0, 0.05) is 51.9 Å². The second-order valence-corrected chi connectivity index (χ2v) is 6.81. The third kappa shape index (κ3) is 5.32. The predicted molar refractivity (Wildman–Crippen MR) is 93.1 cm³/mol. The van der Waals surface area contributed by atoms with E-state index in [9.17, 15) is 14.4 Å². The summed E-state index contributed by atoms with van der Waals surface area (Å²) in [6.07, 6.45) is 3.43. The van der Waals surface area contributed by atoms with E-state index in [1.807, 2.05) is 6.92 Å². The molecule has 0 aromatic carbocycles. The number of carbonyl (C=O) groups excluding carboxylic acids is 3. The van der Waals surface area contributed by atoms with Gasteiger partial charge in [0.05, 0.1) is 6.54 Å². The van der Waals surface area contributed by atoms with Gasteiger partial charge in [0.1, 0.15) is 0 Å². The molecule has 0 unspecified atom stereocenters. The summed E-state index contributed by atoms with van der Waals surface area (Å²) in [4.78, 5) is 39.5. The van der Waals surface area contributed by atoms with Gasteiger partial charge in [0.15, 0.2) is 0 Å². The number of ether oxygens (including phenoxy) is 1. The molecule has 0 aromatic heterocycles. The lowest BCUT2D eigenvalue weighted by molar-refractivity contribution is -0.134. The average Bonchev–Trinajstić information content (AvgIpc) is 2.98. The van der Waals surface area contributed by atoms with E-state index in [1.165, 1.54) is 0 Å². The van der Waals surface area contributed by atoms with Crippen LogP contribution >= 0.6 is 0 Å². The molecule has 8 heteroatoms. The number of likely N-dealkylation sites (tertiary alicyclic amines) is 2. The fourth-order valence-corrected chi connectivity index (χ4v) is 3.52. The number of piperidine rings is 1. The van der Waals surface area contributed by atoms with E-state index in [0.29, 0.717) is 58.5 Å². The summed E-state index contributed by atoms with van der Waals surface area (Å²) in [5, 5.41) is 5.95. The highest BCUT2D eigenvalue weighted by Crippen LogP contribution is 2.26. The number of methoxy groups -OCH3 is 1. The highest BCUT2D eigenvalue weighted by molar-refractivity contribution is 5.86. The minimum Gasteiger partial charge on any atom is -0.385 e. The summed E-state index contributed by atoms with van der Waals surface area (Å²) < 4.78 is 5.21. The van der Waals surface area contributed by atoms with Gasteiger partial charge in [0.25, 0.3) is 0 Å². The first-order chi connectivity index (χ1) is 12.0. The van der Waals surface area contributed by atoms with E-state index < -0.39 is 0 Å². The van der Waals surface area contributed by atoms with Crippen molar-refractivity contribution in [2.24, 2.45) is 0 Å². The van der Waals surface area contributed by atoms with Crippen molar-refractivity contribution in [3.8, 4) is 0 Å². The molecule has 0 aromatic rings.